The van der Waals surface area contributed by atoms with E-state index >= 15 is 0 Å². The summed E-state index contributed by atoms with van der Waals surface area (Å²) >= 11 is 11.8. The number of carbonyl (C=O) groups is 2. The van der Waals surface area contributed by atoms with Gasteiger partial charge in [0.1, 0.15) is 5.75 Å². The Balaban J connectivity index is 1.83. The number of anilines is 1. The molecule has 162 valence electrons. The monoisotopic (exact) mass is 487 g/mol. The van der Waals surface area contributed by atoms with Gasteiger partial charge in [-0.3, -0.25) is 14.5 Å². The molecule has 1 fully saturated rings. The van der Waals surface area contributed by atoms with E-state index in [1.165, 1.54) is 12.1 Å². The predicted octanol–water partition coefficient (Wildman–Crippen LogP) is 5.62. The highest BCUT2D eigenvalue weighted by Gasteiger charge is 2.41. The van der Waals surface area contributed by atoms with E-state index in [2.05, 4.69) is 0 Å². The number of ether oxygens (including phenoxy) is 1. The van der Waals surface area contributed by atoms with E-state index in [0.717, 1.165) is 28.8 Å². The van der Waals surface area contributed by atoms with E-state index in [9.17, 15) is 22.8 Å². The van der Waals surface area contributed by atoms with E-state index in [1.807, 2.05) is 0 Å². The average Bonchev–Trinajstić information content (AvgIpc) is 2.95. The Bertz CT molecular complexity index is 1070. The lowest BCUT2D eigenvalue weighted by Gasteiger charge is -2.20. The molecule has 1 amide bonds. The van der Waals surface area contributed by atoms with Crippen LogP contribution >= 0.6 is 35.6 Å². The predicted molar refractivity (Wildman–Crippen MR) is 116 cm³/mol. The molecule has 0 radical (unpaired) electrons. The number of aliphatic carboxylic acids is 1. The Morgan fingerprint density at radius 1 is 1.23 bits per heavy atom. The fourth-order valence-corrected chi connectivity index (χ4v) is 4.13. The van der Waals surface area contributed by atoms with Gasteiger partial charge in [-0.05, 0) is 42.0 Å². The van der Waals surface area contributed by atoms with E-state index in [-0.39, 0.29) is 33.0 Å². The minimum Gasteiger partial charge on any atom is -0.493 e. The van der Waals surface area contributed by atoms with Crippen LogP contribution in [0.15, 0.2) is 47.4 Å². The first-order valence-corrected chi connectivity index (χ1v) is 10.3. The average molecular weight is 488 g/mol. The van der Waals surface area contributed by atoms with Gasteiger partial charge in [0, 0.05) is 5.02 Å². The maximum absolute atomic E-state index is 13.4. The number of hydrogen-bond acceptors (Lipinski definition) is 5. The minimum absolute atomic E-state index is 0.00989. The molecule has 0 unspecified atom stereocenters. The maximum Gasteiger partial charge on any atom is 0.418 e. The lowest BCUT2D eigenvalue weighted by Crippen LogP contribution is -2.29. The summed E-state index contributed by atoms with van der Waals surface area (Å²) < 4.78 is 45.6. The summed E-state index contributed by atoms with van der Waals surface area (Å²) in [5, 5.41) is 8.51. The molecular weight excluding hydrogens is 475 g/mol. The molecule has 1 N–H and O–H groups in total. The molecule has 2 aromatic rings. The molecule has 1 heterocycles. The van der Waals surface area contributed by atoms with Gasteiger partial charge < -0.3 is 9.84 Å². The van der Waals surface area contributed by atoms with E-state index in [4.69, 9.17) is 33.7 Å². The first-order chi connectivity index (χ1) is 14.6. The largest absolute Gasteiger partial charge is 0.493 e. The van der Waals surface area contributed by atoms with Crippen molar-refractivity contribution in [3.05, 3.63) is 63.5 Å². The van der Waals surface area contributed by atoms with Crippen molar-refractivity contribution >= 4 is 63.5 Å². The van der Waals surface area contributed by atoms with Crippen LogP contribution in [0.1, 0.15) is 17.5 Å². The van der Waals surface area contributed by atoms with Gasteiger partial charge in [0.2, 0.25) is 0 Å². The van der Waals surface area contributed by atoms with Crippen LogP contribution < -0.4 is 9.64 Å². The third-order valence-corrected chi connectivity index (χ3v) is 5.60. The first-order valence-electron chi connectivity index (χ1n) is 8.65. The van der Waals surface area contributed by atoms with Gasteiger partial charge in [-0.2, -0.15) is 13.2 Å². The molecule has 31 heavy (non-hydrogen) atoms. The van der Waals surface area contributed by atoms with Crippen molar-refractivity contribution in [1.82, 2.24) is 0 Å². The van der Waals surface area contributed by atoms with Crippen LogP contribution in [0, 0.1) is 0 Å². The maximum atomic E-state index is 13.4. The van der Waals surface area contributed by atoms with Gasteiger partial charge in [0.15, 0.2) is 4.32 Å². The second-order valence-corrected chi connectivity index (χ2v) is 8.35. The van der Waals surface area contributed by atoms with Crippen molar-refractivity contribution in [3.63, 3.8) is 0 Å². The summed E-state index contributed by atoms with van der Waals surface area (Å²) in [4.78, 5) is 24.3. The van der Waals surface area contributed by atoms with Gasteiger partial charge in [-0.25, -0.2) is 0 Å². The summed E-state index contributed by atoms with van der Waals surface area (Å²) in [6.07, 6.45) is -3.36. The van der Waals surface area contributed by atoms with Crippen LogP contribution in [0.5, 0.6) is 5.75 Å². The zero-order valence-corrected chi connectivity index (χ0v) is 17.9. The normalized spacial score (nSPS) is 15.6. The van der Waals surface area contributed by atoms with Crippen LogP contribution in [0.25, 0.3) is 6.08 Å². The van der Waals surface area contributed by atoms with Crippen molar-refractivity contribution in [1.29, 1.82) is 0 Å². The second-order valence-electron chi connectivity index (χ2n) is 6.24. The highest BCUT2D eigenvalue weighted by atomic mass is 35.5. The number of thiocarbonyl (C=S) groups is 1. The summed E-state index contributed by atoms with van der Waals surface area (Å²) in [7, 11) is 0. The number of nitrogens with zero attached hydrogens (tertiary/aromatic N) is 1. The minimum atomic E-state index is -4.72. The number of benzene rings is 2. The fourth-order valence-electron chi connectivity index (χ4n) is 2.67. The Morgan fingerprint density at radius 2 is 1.90 bits per heavy atom. The molecule has 0 saturated carbocycles. The molecule has 0 atom stereocenters. The SMILES string of the molecule is O=C(O)CCOc1ccc(/C=C2/SC(=S)N(c3ccc(Cl)cc3C(F)(F)F)C2=O)cc1. The van der Waals surface area contributed by atoms with E-state index < -0.39 is 23.6 Å². The molecule has 0 aromatic heterocycles. The third-order valence-electron chi connectivity index (χ3n) is 4.06. The molecule has 1 aliphatic rings. The molecule has 0 bridgehead atoms. The molecule has 0 aliphatic carbocycles. The molecule has 1 saturated heterocycles. The number of amides is 1. The summed E-state index contributed by atoms with van der Waals surface area (Å²) in [6.45, 7) is 0.00989. The van der Waals surface area contributed by atoms with Crippen LogP contribution in [0.2, 0.25) is 5.02 Å². The molecule has 1 aliphatic heterocycles. The Labute approximate surface area is 189 Å². The fraction of sp³-hybridized carbons (Fsp3) is 0.150. The Kier molecular flexibility index (Phi) is 6.93. The molecule has 11 heteroatoms. The summed E-state index contributed by atoms with van der Waals surface area (Å²) in [5.74, 6) is -1.21. The van der Waals surface area contributed by atoms with Gasteiger partial charge in [0.05, 0.1) is 29.2 Å². The number of rotatable bonds is 6. The van der Waals surface area contributed by atoms with Gasteiger partial charge in [-0.15, -0.1) is 0 Å². The van der Waals surface area contributed by atoms with Crippen LogP contribution in [-0.4, -0.2) is 27.9 Å². The van der Waals surface area contributed by atoms with Crippen molar-refractivity contribution < 1.29 is 32.6 Å². The number of carboxylic acid groups (broad SMARTS) is 1. The molecule has 3 rings (SSSR count). The quantitative estimate of drug-likeness (QED) is 0.421. The summed E-state index contributed by atoms with van der Waals surface area (Å²) in [6, 6.07) is 9.57. The Hall–Kier alpha value is -2.56. The third kappa shape index (κ3) is 5.57. The molecule has 0 spiro atoms. The van der Waals surface area contributed by atoms with Crippen LogP contribution in [0.3, 0.4) is 0 Å². The number of thioether (sulfide) groups is 1. The number of halogens is 4. The zero-order valence-electron chi connectivity index (χ0n) is 15.5. The number of alkyl halides is 3. The second kappa shape index (κ2) is 9.29. The van der Waals surface area contributed by atoms with Crippen molar-refractivity contribution in [3.8, 4) is 5.75 Å². The number of hydrogen-bond donors (Lipinski definition) is 1. The number of carbonyl (C=O) groups excluding carboxylic acids is 1. The lowest BCUT2D eigenvalue weighted by atomic mass is 10.1. The first kappa shape index (κ1) is 23.1. The van der Waals surface area contributed by atoms with Crippen molar-refractivity contribution in [2.45, 2.75) is 12.6 Å². The van der Waals surface area contributed by atoms with Crippen LogP contribution in [0.4, 0.5) is 18.9 Å². The lowest BCUT2D eigenvalue weighted by molar-refractivity contribution is -0.138. The highest BCUT2D eigenvalue weighted by molar-refractivity contribution is 8.27. The smallest absolute Gasteiger partial charge is 0.418 e. The topological polar surface area (TPSA) is 66.8 Å². The van der Waals surface area contributed by atoms with E-state index in [0.29, 0.717) is 11.3 Å². The zero-order chi connectivity index (χ0) is 22.8. The van der Waals surface area contributed by atoms with Crippen molar-refractivity contribution in [2.75, 3.05) is 11.5 Å². The molecule has 5 nitrogen and oxygen atoms in total. The van der Waals surface area contributed by atoms with Gasteiger partial charge in [0.25, 0.3) is 5.91 Å². The molecular formula is C20H13ClF3NO4S2. The van der Waals surface area contributed by atoms with Gasteiger partial charge >= 0.3 is 12.1 Å². The van der Waals surface area contributed by atoms with Crippen molar-refractivity contribution in [2.24, 2.45) is 0 Å². The Morgan fingerprint density at radius 3 is 2.52 bits per heavy atom. The molecule has 2 aromatic carbocycles. The van der Waals surface area contributed by atoms with Crippen LogP contribution in [-0.2, 0) is 15.8 Å². The van der Waals surface area contributed by atoms with E-state index in [1.54, 1.807) is 24.3 Å². The highest BCUT2D eigenvalue weighted by Crippen LogP contribution is 2.43. The summed E-state index contributed by atoms with van der Waals surface area (Å²) in [5.41, 5.74) is -0.844. The number of carboxylic acids is 1. The standard InChI is InChI=1S/C20H13ClF3NO4S2/c21-12-3-6-15(14(10-12)20(22,23)24)25-18(28)16(31-19(25)30)9-11-1-4-13(5-2-11)29-8-7-17(26)27/h1-6,9-10H,7-8H2,(H,26,27)/b16-9+. The van der Waals surface area contributed by atoms with Gasteiger partial charge in [-0.1, -0.05) is 47.7 Å².